The van der Waals surface area contributed by atoms with Gasteiger partial charge in [-0.3, -0.25) is 4.72 Å². The van der Waals surface area contributed by atoms with Crippen LogP contribution in [0.2, 0.25) is 0 Å². The van der Waals surface area contributed by atoms with E-state index >= 15 is 0 Å². The van der Waals surface area contributed by atoms with Crippen LogP contribution in [0.5, 0.6) is 0 Å². The van der Waals surface area contributed by atoms with Gasteiger partial charge in [0.1, 0.15) is 5.82 Å². The van der Waals surface area contributed by atoms with E-state index in [1.54, 1.807) is 12.1 Å². The topological polar surface area (TPSA) is 75.2 Å². The van der Waals surface area contributed by atoms with E-state index in [0.717, 1.165) is 19.2 Å². The SMILES string of the molecule is CCN(CC)c1ccc(NS(=O)(=O)c2ccc(F)c(C)c2)nn1. The van der Waals surface area contributed by atoms with Gasteiger partial charge in [0.25, 0.3) is 10.0 Å². The zero-order valence-corrected chi connectivity index (χ0v) is 14.1. The van der Waals surface area contributed by atoms with Gasteiger partial charge in [-0.15, -0.1) is 10.2 Å². The van der Waals surface area contributed by atoms with Crippen molar-refractivity contribution in [2.75, 3.05) is 22.7 Å². The summed E-state index contributed by atoms with van der Waals surface area (Å²) in [4.78, 5) is 1.97. The number of rotatable bonds is 6. The largest absolute Gasteiger partial charge is 0.356 e. The lowest BCUT2D eigenvalue weighted by Crippen LogP contribution is -2.23. The lowest BCUT2D eigenvalue weighted by molar-refractivity contribution is 0.598. The molecular formula is C15H19FN4O2S. The van der Waals surface area contributed by atoms with Crippen LogP contribution in [-0.2, 0) is 10.0 Å². The second kappa shape index (κ2) is 6.91. The molecule has 0 fully saturated rings. The first kappa shape index (κ1) is 17.1. The van der Waals surface area contributed by atoms with E-state index in [2.05, 4.69) is 14.9 Å². The van der Waals surface area contributed by atoms with Crippen molar-refractivity contribution >= 4 is 21.7 Å². The van der Waals surface area contributed by atoms with Crippen LogP contribution in [0.15, 0.2) is 35.2 Å². The number of hydrogen-bond acceptors (Lipinski definition) is 5. The van der Waals surface area contributed by atoms with Gasteiger partial charge in [-0.2, -0.15) is 0 Å². The van der Waals surface area contributed by atoms with Crippen molar-refractivity contribution in [2.45, 2.75) is 25.7 Å². The highest BCUT2D eigenvalue weighted by molar-refractivity contribution is 7.92. The average Bonchev–Trinajstić information content (AvgIpc) is 2.52. The minimum absolute atomic E-state index is 0.0222. The van der Waals surface area contributed by atoms with Crippen molar-refractivity contribution in [1.29, 1.82) is 0 Å². The molecule has 0 saturated heterocycles. The number of aromatic nitrogens is 2. The zero-order chi connectivity index (χ0) is 17.0. The normalized spacial score (nSPS) is 11.3. The quantitative estimate of drug-likeness (QED) is 0.876. The lowest BCUT2D eigenvalue weighted by atomic mass is 10.2. The summed E-state index contributed by atoms with van der Waals surface area (Å²) in [6, 6.07) is 6.86. The molecule has 23 heavy (non-hydrogen) atoms. The molecule has 2 rings (SSSR count). The molecule has 1 heterocycles. The maximum Gasteiger partial charge on any atom is 0.263 e. The Labute approximate surface area is 135 Å². The summed E-state index contributed by atoms with van der Waals surface area (Å²) >= 11 is 0. The van der Waals surface area contributed by atoms with Crippen molar-refractivity contribution in [1.82, 2.24) is 10.2 Å². The Bertz CT molecular complexity index is 775. The molecule has 1 N–H and O–H groups in total. The number of anilines is 2. The summed E-state index contributed by atoms with van der Waals surface area (Å²) in [6.45, 7) is 7.07. The second-order valence-corrected chi connectivity index (χ2v) is 6.65. The lowest BCUT2D eigenvalue weighted by Gasteiger charge is -2.18. The summed E-state index contributed by atoms with van der Waals surface area (Å²) in [5.74, 6) is 0.339. The molecule has 0 saturated carbocycles. The van der Waals surface area contributed by atoms with Crippen molar-refractivity contribution < 1.29 is 12.8 Å². The molecule has 6 nitrogen and oxygen atoms in total. The molecule has 0 aliphatic carbocycles. The highest BCUT2D eigenvalue weighted by Gasteiger charge is 2.16. The number of halogens is 1. The molecule has 8 heteroatoms. The number of sulfonamides is 1. The molecule has 0 bridgehead atoms. The van der Waals surface area contributed by atoms with Crippen LogP contribution in [0.3, 0.4) is 0 Å². The van der Waals surface area contributed by atoms with E-state index in [1.807, 2.05) is 18.7 Å². The van der Waals surface area contributed by atoms with E-state index in [0.29, 0.717) is 5.82 Å². The molecule has 0 unspecified atom stereocenters. The summed E-state index contributed by atoms with van der Waals surface area (Å²) in [5.41, 5.74) is 0.260. The van der Waals surface area contributed by atoms with Crippen LogP contribution in [0.4, 0.5) is 16.0 Å². The first-order valence-electron chi connectivity index (χ1n) is 7.25. The van der Waals surface area contributed by atoms with Gasteiger partial charge >= 0.3 is 0 Å². The Morgan fingerprint density at radius 1 is 1.13 bits per heavy atom. The zero-order valence-electron chi connectivity index (χ0n) is 13.2. The molecule has 0 aliphatic heterocycles. The van der Waals surface area contributed by atoms with Crippen molar-refractivity contribution in [3.63, 3.8) is 0 Å². The fourth-order valence-corrected chi connectivity index (χ4v) is 3.16. The van der Waals surface area contributed by atoms with Gasteiger partial charge in [0.15, 0.2) is 11.6 Å². The van der Waals surface area contributed by atoms with E-state index < -0.39 is 15.8 Å². The van der Waals surface area contributed by atoms with Crippen LogP contribution < -0.4 is 9.62 Å². The first-order chi connectivity index (χ1) is 10.9. The summed E-state index contributed by atoms with van der Waals surface area (Å²) in [6.07, 6.45) is 0. The highest BCUT2D eigenvalue weighted by Crippen LogP contribution is 2.18. The van der Waals surface area contributed by atoms with Gasteiger partial charge in [0.05, 0.1) is 4.90 Å². The van der Waals surface area contributed by atoms with Crippen LogP contribution >= 0.6 is 0 Å². The second-order valence-electron chi connectivity index (χ2n) is 4.97. The minimum atomic E-state index is -3.83. The molecule has 0 spiro atoms. The third kappa shape index (κ3) is 3.95. The Hall–Kier alpha value is -2.22. The van der Waals surface area contributed by atoms with Gasteiger partial charge < -0.3 is 4.90 Å². The average molecular weight is 338 g/mol. The van der Waals surface area contributed by atoms with E-state index in [-0.39, 0.29) is 16.3 Å². The van der Waals surface area contributed by atoms with Crippen molar-refractivity contribution in [3.05, 3.63) is 41.7 Å². The Kier molecular flexibility index (Phi) is 5.15. The summed E-state index contributed by atoms with van der Waals surface area (Å²) in [5, 5.41) is 7.91. The molecule has 0 atom stereocenters. The number of benzene rings is 1. The molecule has 0 amide bonds. The van der Waals surface area contributed by atoms with Crippen molar-refractivity contribution in [3.8, 4) is 0 Å². The van der Waals surface area contributed by atoms with Gasteiger partial charge in [-0.05, 0) is 56.7 Å². The molecule has 1 aromatic carbocycles. The number of aryl methyl sites for hydroxylation is 1. The summed E-state index contributed by atoms with van der Waals surface area (Å²) < 4.78 is 40.2. The Morgan fingerprint density at radius 3 is 2.35 bits per heavy atom. The van der Waals surface area contributed by atoms with E-state index in [4.69, 9.17) is 0 Å². The smallest absolute Gasteiger partial charge is 0.263 e. The maximum atomic E-state index is 13.3. The number of nitrogens with one attached hydrogen (secondary N) is 1. The fraction of sp³-hybridized carbons (Fsp3) is 0.333. The predicted molar refractivity (Wildman–Crippen MR) is 87.5 cm³/mol. The third-order valence-corrected chi connectivity index (χ3v) is 4.77. The Balaban J connectivity index is 2.22. The third-order valence-electron chi connectivity index (χ3n) is 3.42. The Morgan fingerprint density at radius 2 is 1.83 bits per heavy atom. The van der Waals surface area contributed by atoms with Crippen LogP contribution in [-0.4, -0.2) is 31.7 Å². The number of hydrogen-bond donors (Lipinski definition) is 1. The number of nitrogens with zero attached hydrogens (tertiary/aromatic N) is 3. The van der Waals surface area contributed by atoms with E-state index in [9.17, 15) is 12.8 Å². The molecular weight excluding hydrogens is 319 g/mol. The molecule has 1 aromatic heterocycles. The van der Waals surface area contributed by atoms with Gasteiger partial charge in [-0.25, -0.2) is 12.8 Å². The van der Waals surface area contributed by atoms with Crippen LogP contribution in [0.25, 0.3) is 0 Å². The van der Waals surface area contributed by atoms with E-state index in [1.165, 1.54) is 19.1 Å². The fourth-order valence-electron chi connectivity index (χ4n) is 2.08. The molecule has 0 radical (unpaired) electrons. The maximum absolute atomic E-state index is 13.3. The predicted octanol–water partition coefficient (Wildman–Crippen LogP) is 2.57. The van der Waals surface area contributed by atoms with Crippen LogP contribution in [0, 0.1) is 12.7 Å². The standard InChI is InChI=1S/C15H19FN4O2S/c1-4-20(5-2)15-9-8-14(17-18-15)19-23(21,22)12-6-7-13(16)11(3)10-12/h6-10H,4-5H2,1-3H3,(H,17,19). The molecule has 124 valence electrons. The molecule has 2 aromatic rings. The molecule has 0 aliphatic rings. The van der Waals surface area contributed by atoms with Gasteiger partial charge in [-0.1, -0.05) is 0 Å². The first-order valence-corrected chi connectivity index (χ1v) is 8.73. The summed E-state index contributed by atoms with van der Waals surface area (Å²) in [7, 11) is -3.83. The van der Waals surface area contributed by atoms with Crippen LogP contribution in [0.1, 0.15) is 19.4 Å². The minimum Gasteiger partial charge on any atom is -0.356 e. The monoisotopic (exact) mass is 338 g/mol. The van der Waals surface area contributed by atoms with Gasteiger partial charge in [0, 0.05) is 13.1 Å². The van der Waals surface area contributed by atoms with Gasteiger partial charge in [0.2, 0.25) is 0 Å². The van der Waals surface area contributed by atoms with Crippen molar-refractivity contribution in [2.24, 2.45) is 0 Å². The highest BCUT2D eigenvalue weighted by atomic mass is 32.2.